The summed E-state index contributed by atoms with van der Waals surface area (Å²) in [6, 6.07) is 7.74. The van der Waals surface area contributed by atoms with Gasteiger partial charge < -0.3 is 5.32 Å². The number of hydroxylamine groups is 1. The van der Waals surface area contributed by atoms with Gasteiger partial charge in [-0.05, 0) is 17.5 Å². The van der Waals surface area contributed by atoms with Crippen LogP contribution in [0.3, 0.4) is 0 Å². The summed E-state index contributed by atoms with van der Waals surface area (Å²) < 4.78 is 0. The smallest absolute Gasteiger partial charge is 0.266 e. The highest BCUT2D eigenvalue weighted by molar-refractivity contribution is 5.86. The van der Waals surface area contributed by atoms with Gasteiger partial charge in [0, 0.05) is 12.1 Å². The fraction of sp³-hybridized carbons (Fsp3) is 0.462. The number of hydrogen-bond donors (Lipinski definition) is 2. The molecule has 4 nitrogen and oxygen atoms in total. The number of rotatable bonds is 4. The number of benzene rings is 1. The van der Waals surface area contributed by atoms with Gasteiger partial charge in [0.1, 0.15) is 6.04 Å². The summed E-state index contributed by atoms with van der Waals surface area (Å²) in [6.45, 7) is 4.61. The lowest BCUT2D eigenvalue weighted by atomic mass is 10.1. The molecule has 0 unspecified atom stereocenters. The summed E-state index contributed by atoms with van der Waals surface area (Å²) >= 11 is 0. The molecule has 1 heterocycles. The van der Waals surface area contributed by atoms with Crippen molar-refractivity contribution < 1.29 is 9.63 Å². The standard InChI is InChI=1S/C13H18N2O2/c1-9(2)8-17-15-13(16)12-7-10-5-3-4-6-11(10)14-12/h3-6,9,12,14H,7-8H2,1-2H3,(H,15,16)/t12-/m0/s1. The molecule has 2 rings (SSSR count). The highest BCUT2D eigenvalue weighted by atomic mass is 16.7. The molecule has 1 aromatic rings. The van der Waals surface area contributed by atoms with Crippen LogP contribution in [-0.2, 0) is 16.1 Å². The van der Waals surface area contributed by atoms with E-state index in [1.807, 2.05) is 38.1 Å². The molecular weight excluding hydrogens is 216 g/mol. The van der Waals surface area contributed by atoms with E-state index in [-0.39, 0.29) is 11.9 Å². The molecule has 0 fully saturated rings. The van der Waals surface area contributed by atoms with Gasteiger partial charge in [0.2, 0.25) is 0 Å². The van der Waals surface area contributed by atoms with Crippen LogP contribution in [0.4, 0.5) is 5.69 Å². The van der Waals surface area contributed by atoms with Crippen LogP contribution in [0.25, 0.3) is 0 Å². The first kappa shape index (κ1) is 11.9. The highest BCUT2D eigenvalue weighted by Crippen LogP contribution is 2.24. The molecule has 17 heavy (non-hydrogen) atoms. The minimum absolute atomic E-state index is 0.109. The number of amides is 1. The molecule has 1 aliphatic rings. The maximum atomic E-state index is 11.8. The monoisotopic (exact) mass is 234 g/mol. The Labute approximate surface area is 101 Å². The fourth-order valence-electron chi connectivity index (χ4n) is 1.81. The second-order valence-corrected chi connectivity index (χ2v) is 4.73. The SMILES string of the molecule is CC(C)CONC(=O)[C@@H]1Cc2ccccc2N1. The Morgan fingerprint density at radius 3 is 3.00 bits per heavy atom. The normalized spacial score (nSPS) is 17.7. The molecule has 4 heteroatoms. The summed E-state index contributed by atoms with van der Waals surface area (Å²) in [6.07, 6.45) is 0.715. The summed E-state index contributed by atoms with van der Waals surface area (Å²) in [4.78, 5) is 16.9. The van der Waals surface area contributed by atoms with Gasteiger partial charge in [0.25, 0.3) is 5.91 Å². The zero-order chi connectivity index (χ0) is 12.3. The van der Waals surface area contributed by atoms with Crippen molar-refractivity contribution in [3.8, 4) is 0 Å². The molecule has 0 radical (unpaired) electrons. The Balaban J connectivity index is 1.84. The van der Waals surface area contributed by atoms with Gasteiger partial charge in [-0.1, -0.05) is 32.0 Å². The van der Waals surface area contributed by atoms with Crippen LogP contribution < -0.4 is 10.8 Å². The maximum absolute atomic E-state index is 11.8. The number of nitrogens with one attached hydrogen (secondary N) is 2. The van der Waals surface area contributed by atoms with E-state index in [2.05, 4.69) is 10.8 Å². The lowest BCUT2D eigenvalue weighted by Crippen LogP contribution is -2.38. The van der Waals surface area contributed by atoms with Crippen LogP contribution in [-0.4, -0.2) is 18.6 Å². The molecule has 0 spiro atoms. The topological polar surface area (TPSA) is 50.4 Å². The predicted octanol–water partition coefficient (Wildman–Crippen LogP) is 1.73. The Hall–Kier alpha value is -1.55. The summed E-state index contributed by atoms with van der Waals surface area (Å²) in [7, 11) is 0. The maximum Gasteiger partial charge on any atom is 0.266 e. The number of anilines is 1. The van der Waals surface area contributed by atoms with E-state index >= 15 is 0 Å². The second-order valence-electron chi connectivity index (χ2n) is 4.73. The van der Waals surface area contributed by atoms with Crippen LogP contribution in [0.15, 0.2) is 24.3 Å². The molecule has 2 N–H and O–H groups in total. The third-order valence-corrected chi connectivity index (χ3v) is 2.68. The first-order valence-electron chi connectivity index (χ1n) is 5.93. The predicted molar refractivity (Wildman–Crippen MR) is 66.5 cm³/mol. The average molecular weight is 234 g/mol. The first-order chi connectivity index (χ1) is 8.16. The number of fused-ring (bicyclic) bond motifs is 1. The fourth-order valence-corrected chi connectivity index (χ4v) is 1.81. The number of hydrogen-bond acceptors (Lipinski definition) is 3. The van der Waals surface area contributed by atoms with E-state index in [0.717, 1.165) is 5.69 Å². The number of para-hydroxylation sites is 1. The second kappa shape index (κ2) is 5.19. The van der Waals surface area contributed by atoms with Crippen LogP contribution in [0, 0.1) is 5.92 Å². The molecule has 92 valence electrons. The van der Waals surface area contributed by atoms with E-state index in [4.69, 9.17) is 4.84 Å². The van der Waals surface area contributed by atoms with Crippen LogP contribution >= 0.6 is 0 Å². The van der Waals surface area contributed by atoms with Gasteiger partial charge in [0.15, 0.2) is 0 Å². The summed E-state index contributed by atoms with van der Waals surface area (Å²) in [5.41, 5.74) is 4.71. The van der Waals surface area contributed by atoms with Gasteiger partial charge in [0.05, 0.1) is 6.61 Å². The van der Waals surface area contributed by atoms with Gasteiger partial charge in [-0.25, -0.2) is 5.48 Å². The quantitative estimate of drug-likeness (QED) is 0.780. The molecule has 1 amide bonds. The zero-order valence-corrected chi connectivity index (χ0v) is 10.2. The van der Waals surface area contributed by atoms with Crippen LogP contribution in [0.2, 0.25) is 0 Å². The van der Waals surface area contributed by atoms with Crippen molar-refractivity contribution in [1.82, 2.24) is 5.48 Å². The van der Waals surface area contributed by atoms with Crippen molar-refractivity contribution in [2.45, 2.75) is 26.3 Å². The van der Waals surface area contributed by atoms with Crippen molar-refractivity contribution in [2.75, 3.05) is 11.9 Å². The first-order valence-corrected chi connectivity index (χ1v) is 5.93. The van der Waals surface area contributed by atoms with Gasteiger partial charge in [-0.3, -0.25) is 9.63 Å². The van der Waals surface area contributed by atoms with Crippen molar-refractivity contribution in [1.29, 1.82) is 0 Å². The Morgan fingerprint density at radius 2 is 2.29 bits per heavy atom. The van der Waals surface area contributed by atoms with Crippen molar-refractivity contribution in [3.05, 3.63) is 29.8 Å². The molecule has 1 aliphatic heterocycles. The molecular formula is C13H18N2O2. The Bertz CT molecular complexity index is 379. The minimum atomic E-state index is -0.223. The van der Waals surface area contributed by atoms with E-state index in [9.17, 15) is 4.79 Å². The lowest BCUT2D eigenvalue weighted by Gasteiger charge is -2.12. The van der Waals surface area contributed by atoms with Gasteiger partial charge in [-0.15, -0.1) is 0 Å². The van der Waals surface area contributed by atoms with Crippen molar-refractivity contribution in [2.24, 2.45) is 5.92 Å². The molecule has 0 aliphatic carbocycles. The van der Waals surface area contributed by atoms with E-state index in [0.29, 0.717) is 18.9 Å². The summed E-state index contributed by atoms with van der Waals surface area (Å²) in [5.74, 6) is 0.297. The zero-order valence-electron chi connectivity index (χ0n) is 10.2. The lowest BCUT2D eigenvalue weighted by molar-refractivity contribution is -0.135. The van der Waals surface area contributed by atoms with Crippen molar-refractivity contribution in [3.63, 3.8) is 0 Å². The Morgan fingerprint density at radius 1 is 1.53 bits per heavy atom. The van der Waals surface area contributed by atoms with Crippen molar-refractivity contribution >= 4 is 11.6 Å². The molecule has 0 saturated heterocycles. The largest absolute Gasteiger partial charge is 0.373 e. The molecule has 0 bridgehead atoms. The minimum Gasteiger partial charge on any atom is -0.373 e. The molecule has 1 aromatic carbocycles. The van der Waals surface area contributed by atoms with Crippen LogP contribution in [0.5, 0.6) is 0 Å². The number of carbonyl (C=O) groups is 1. The third-order valence-electron chi connectivity index (χ3n) is 2.68. The van der Waals surface area contributed by atoms with E-state index in [1.165, 1.54) is 5.56 Å². The summed E-state index contributed by atoms with van der Waals surface area (Å²) in [5, 5.41) is 3.18. The number of carbonyl (C=O) groups excluding carboxylic acids is 1. The van der Waals surface area contributed by atoms with E-state index < -0.39 is 0 Å². The third kappa shape index (κ3) is 2.97. The molecule has 0 saturated carbocycles. The molecule has 1 atom stereocenters. The van der Waals surface area contributed by atoms with Gasteiger partial charge >= 0.3 is 0 Å². The molecule has 0 aromatic heterocycles. The highest BCUT2D eigenvalue weighted by Gasteiger charge is 2.26. The van der Waals surface area contributed by atoms with E-state index in [1.54, 1.807) is 0 Å². The van der Waals surface area contributed by atoms with Crippen LogP contribution in [0.1, 0.15) is 19.4 Å². The average Bonchev–Trinajstić information content (AvgIpc) is 2.71. The Kier molecular flexibility index (Phi) is 3.64. The van der Waals surface area contributed by atoms with Gasteiger partial charge in [-0.2, -0.15) is 0 Å².